The van der Waals surface area contributed by atoms with E-state index >= 15 is 0 Å². The van der Waals surface area contributed by atoms with Gasteiger partial charge in [-0.25, -0.2) is 0 Å². The fourth-order valence-electron chi connectivity index (χ4n) is 1.90. The molecule has 0 bridgehead atoms. The highest BCUT2D eigenvalue weighted by molar-refractivity contribution is 7.99. The van der Waals surface area contributed by atoms with Crippen LogP contribution in [0.25, 0.3) is 11.5 Å². The maximum atomic E-state index is 11.2. The molecule has 0 radical (unpaired) electrons. The van der Waals surface area contributed by atoms with Gasteiger partial charge in [0.05, 0.1) is 32.0 Å². The Morgan fingerprint density at radius 1 is 1.25 bits per heavy atom. The first-order valence-corrected chi connectivity index (χ1v) is 7.72. The third-order valence-electron chi connectivity index (χ3n) is 2.99. The van der Waals surface area contributed by atoms with E-state index < -0.39 is 4.92 Å². The van der Waals surface area contributed by atoms with Gasteiger partial charge in [-0.05, 0) is 36.0 Å². The number of aromatic nitrogens is 2. The average Bonchev–Trinajstić information content (AvgIpc) is 3.03. The van der Waals surface area contributed by atoms with E-state index in [1.54, 1.807) is 24.3 Å². The highest BCUT2D eigenvalue weighted by Gasteiger charge is 2.19. The Kier molecular flexibility index (Phi) is 4.46. The van der Waals surface area contributed by atoms with Crippen LogP contribution in [-0.2, 0) is 0 Å². The second-order valence-corrected chi connectivity index (χ2v) is 5.91. The van der Waals surface area contributed by atoms with Crippen molar-refractivity contribution >= 4 is 29.1 Å². The van der Waals surface area contributed by atoms with E-state index in [0.29, 0.717) is 15.5 Å². The average molecular weight is 359 g/mol. The first kappa shape index (κ1) is 16.0. The van der Waals surface area contributed by atoms with Crippen LogP contribution in [0.15, 0.2) is 57.0 Å². The first-order chi connectivity index (χ1) is 11.6. The van der Waals surface area contributed by atoms with Gasteiger partial charge in [0.25, 0.3) is 10.9 Å². The summed E-state index contributed by atoms with van der Waals surface area (Å²) in [6.45, 7) is 0. The van der Waals surface area contributed by atoms with E-state index in [2.05, 4.69) is 10.2 Å². The Morgan fingerprint density at radius 2 is 2.04 bits per heavy atom. The SMILES string of the molecule is N#Cc1ccc(Sc2nnc(-c3ccccc3Cl)o2)c([N+](=O)[O-])c1. The van der Waals surface area contributed by atoms with Crippen LogP contribution in [0.5, 0.6) is 0 Å². The summed E-state index contributed by atoms with van der Waals surface area (Å²) in [5, 5.41) is 28.4. The fraction of sp³-hybridized carbons (Fsp3) is 0. The zero-order chi connectivity index (χ0) is 17.1. The van der Waals surface area contributed by atoms with Crippen LogP contribution in [0.3, 0.4) is 0 Å². The highest BCUT2D eigenvalue weighted by atomic mass is 35.5. The lowest BCUT2D eigenvalue weighted by Gasteiger charge is -2.00. The second-order valence-electron chi connectivity index (χ2n) is 4.51. The van der Waals surface area contributed by atoms with E-state index in [4.69, 9.17) is 21.3 Å². The van der Waals surface area contributed by atoms with Gasteiger partial charge in [0, 0.05) is 6.07 Å². The van der Waals surface area contributed by atoms with E-state index in [9.17, 15) is 10.1 Å². The summed E-state index contributed by atoms with van der Waals surface area (Å²) < 4.78 is 5.51. The van der Waals surface area contributed by atoms with Crippen LogP contribution < -0.4 is 0 Å². The maximum Gasteiger partial charge on any atom is 0.284 e. The molecule has 0 fully saturated rings. The van der Waals surface area contributed by atoms with E-state index in [0.717, 1.165) is 11.8 Å². The molecule has 0 saturated carbocycles. The summed E-state index contributed by atoms with van der Waals surface area (Å²) >= 11 is 7.02. The van der Waals surface area contributed by atoms with Gasteiger partial charge < -0.3 is 4.42 Å². The van der Waals surface area contributed by atoms with Crippen molar-refractivity contribution in [3.8, 4) is 17.5 Å². The predicted octanol–water partition coefficient (Wildman–Crippen LogP) is 4.32. The third-order valence-corrected chi connectivity index (χ3v) is 4.23. The molecule has 0 aliphatic carbocycles. The zero-order valence-electron chi connectivity index (χ0n) is 11.8. The van der Waals surface area contributed by atoms with Gasteiger partial charge in [0.2, 0.25) is 5.89 Å². The molecule has 118 valence electrons. The van der Waals surface area contributed by atoms with E-state index in [1.807, 2.05) is 6.07 Å². The molecular formula is C15H7ClN4O3S. The Balaban J connectivity index is 1.92. The molecule has 0 saturated heterocycles. The molecule has 0 unspecified atom stereocenters. The number of nitrogens with zero attached hydrogens (tertiary/aromatic N) is 4. The fourth-order valence-corrected chi connectivity index (χ4v) is 2.89. The lowest BCUT2D eigenvalue weighted by Crippen LogP contribution is -1.92. The van der Waals surface area contributed by atoms with Gasteiger partial charge in [-0.3, -0.25) is 10.1 Å². The maximum absolute atomic E-state index is 11.2. The number of benzene rings is 2. The molecule has 1 aromatic heterocycles. The molecule has 3 aromatic rings. The van der Waals surface area contributed by atoms with Crippen molar-refractivity contribution in [3.05, 3.63) is 63.2 Å². The molecule has 0 N–H and O–H groups in total. The topological polar surface area (TPSA) is 106 Å². The number of halogens is 1. The number of nitro benzene ring substituents is 1. The number of rotatable bonds is 4. The van der Waals surface area contributed by atoms with Crippen LogP contribution in [0, 0.1) is 21.4 Å². The minimum atomic E-state index is -0.561. The van der Waals surface area contributed by atoms with Crippen molar-refractivity contribution in [3.63, 3.8) is 0 Å². The summed E-state index contributed by atoms with van der Waals surface area (Å²) in [5.41, 5.74) is 0.581. The van der Waals surface area contributed by atoms with Crippen molar-refractivity contribution in [1.29, 1.82) is 5.26 Å². The molecule has 0 atom stereocenters. The Bertz CT molecular complexity index is 967. The molecule has 0 aliphatic heterocycles. The summed E-state index contributed by atoms with van der Waals surface area (Å²) in [7, 11) is 0. The van der Waals surface area contributed by atoms with Crippen molar-refractivity contribution in [1.82, 2.24) is 10.2 Å². The zero-order valence-corrected chi connectivity index (χ0v) is 13.4. The molecule has 9 heteroatoms. The van der Waals surface area contributed by atoms with Gasteiger partial charge in [0.15, 0.2) is 0 Å². The number of hydrogen-bond acceptors (Lipinski definition) is 7. The van der Waals surface area contributed by atoms with E-state index in [1.165, 1.54) is 18.2 Å². The minimum Gasteiger partial charge on any atom is -0.411 e. The van der Waals surface area contributed by atoms with Crippen LogP contribution in [0.1, 0.15) is 5.56 Å². The number of nitriles is 1. The van der Waals surface area contributed by atoms with E-state index in [-0.39, 0.29) is 22.4 Å². The summed E-state index contributed by atoms with van der Waals surface area (Å²) in [5.74, 6) is 0.222. The predicted molar refractivity (Wildman–Crippen MR) is 86.7 cm³/mol. The van der Waals surface area contributed by atoms with Crippen molar-refractivity contribution in [2.45, 2.75) is 10.1 Å². The molecule has 3 rings (SSSR count). The van der Waals surface area contributed by atoms with Gasteiger partial charge in [-0.1, -0.05) is 23.7 Å². The quantitative estimate of drug-likeness (QED) is 0.505. The number of hydrogen-bond donors (Lipinski definition) is 0. The Labute approximate surface area is 145 Å². The van der Waals surface area contributed by atoms with Crippen LogP contribution >= 0.6 is 23.4 Å². The van der Waals surface area contributed by atoms with Gasteiger partial charge in [0.1, 0.15) is 0 Å². The molecule has 0 amide bonds. The summed E-state index contributed by atoms with van der Waals surface area (Å²) in [6, 6.07) is 13.0. The van der Waals surface area contributed by atoms with Crippen LogP contribution in [0.2, 0.25) is 5.02 Å². The minimum absolute atomic E-state index is 0.137. The molecule has 2 aromatic carbocycles. The standard InChI is InChI=1S/C15H7ClN4O3S/c16-11-4-2-1-3-10(11)14-18-19-15(23-14)24-13-6-5-9(8-17)7-12(13)20(21)22/h1-7H. The van der Waals surface area contributed by atoms with Crippen LogP contribution in [0.4, 0.5) is 5.69 Å². The normalized spacial score (nSPS) is 10.3. The molecule has 7 nitrogen and oxygen atoms in total. The largest absolute Gasteiger partial charge is 0.411 e. The monoisotopic (exact) mass is 358 g/mol. The smallest absolute Gasteiger partial charge is 0.284 e. The molecular weight excluding hydrogens is 352 g/mol. The molecule has 0 spiro atoms. The third kappa shape index (κ3) is 3.22. The molecule has 1 heterocycles. The van der Waals surface area contributed by atoms with Gasteiger partial charge >= 0.3 is 0 Å². The molecule has 24 heavy (non-hydrogen) atoms. The molecule has 0 aliphatic rings. The van der Waals surface area contributed by atoms with Crippen molar-refractivity contribution < 1.29 is 9.34 Å². The Morgan fingerprint density at radius 3 is 2.75 bits per heavy atom. The summed E-state index contributed by atoms with van der Waals surface area (Å²) in [4.78, 5) is 10.9. The van der Waals surface area contributed by atoms with Gasteiger partial charge in [-0.2, -0.15) is 5.26 Å². The lowest BCUT2D eigenvalue weighted by molar-refractivity contribution is -0.387. The van der Waals surface area contributed by atoms with Crippen LogP contribution in [-0.4, -0.2) is 15.1 Å². The number of nitro groups is 1. The second kappa shape index (κ2) is 6.70. The summed E-state index contributed by atoms with van der Waals surface area (Å²) in [6.07, 6.45) is 0. The van der Waals surface area contributed by atoms with Crippen molar-refractivity contribution in [2.75, 3.05) is 0 Å². The van der Waals surface area contributed by atoms with Crippen molar-refractivity contribution in [2.24, 2.45) is 0 Å². The highest BCUT2D eigenvalue weighted by Crippen LogP contribution is 2.36. The van der Waals surface area contributed by atoms with Gasteiger partial charge in [-0.15, -0.1) is 10.2 Å². The lowest BCUT2D eigenvalue weighted by atomic mass is 10.2. The Hall–Kier alpha value is -2.89. The first-order valence-electron chi connectivity index (χ1n) is 6.53.